The number of hydrogen-bond donors (Lipinski definition) is 0. The molecule has 0 aliphatic carbocycles. The number of nitrogens with zero attached hydrogens (tertiary/aromatic N) is 1. The number of esters is 1. The molecule has 73 heavy (non-hydrogen) atoms. The van der Waals surface area contributed by atoms with Gasteiger partial charge in [-0.3, -0.25) is 9.36 Å². The number of likely N-dealkylation sites (N-methyl/N-ethyl adjacent to an activating group) is 1. The highest BCUT2D eigenvalue weighted by atomic mass is 31.2. The third-order valence-corrected chi connectivity index (χ3v) is 12.0. The summed E-state index contributed by atoms with van der Waals surface area (Å²) in [6.45, 7) is 5.06. The van der Waals surface area contributed by atoms with Crippen molar-refractivity contribution >= 4 is 13.8 Å². The predicted octanol–water partition coefficient (Wildman–Crippen LogP) is 17.5. The van der Waals surface area contributed by atoms with Crippen LogP contribution in [0.15, 0.2) is 158 Å². The van der Waals surface area contributed by atoms with E-state index in [2.05, 4.69) is 172 Å². The Hall–Kier alpha value is -3.88. The summed E-state index contributed by atoms with van der Waals surface area (Å²) in [6, 6.07) is 0. The molecule has 9 heteroatoms. The van der Waals surface area contributed by atoms with Gasteiger partial charge in [-0.05, 0) is 122 Å². The minimum absolute atomic E-state index is 0.00695. The number of phosphoric acid groups is 1. The zero-order valence-corrected chi connectivity index (χ0v) is 47.7. The van der Waals surface area contributed by atoms with Crippen LogP contribution in [-0.2, 0) is 27.9 Å². The van der Waals surface area contributed by atoms with Crippen LogP contribution >= 0.6 is 7.82 Å². The fraction of sp³-hybridized carbons (Fsp3) is 0.578. The van der Waals surface area contributed by atoms with E-state index in [1.165, 1.54) is 6.42 Å². The van der Waals surface area contributed by atoms with Crippen molar-refractivity contribution in [3.05, 3.63) is 158 Å². The molecule has 0 aliphatic rings. The lowest BCUT2D eigenvalue weighted by Crippen LogP contribution is -2.37. The molecular weight excluding hydrogens is 926 g/mol. The Kier molecular flexibility index (Phi) is 51.5. The van der Waals surface area contributed by atoms with Gasteiger partial charge in [-0.15, -0.1) is 0 Å². The lowest BCUT2D eigenvalue weighted by Gasteiger charge is -2.28. The van der Waals surface area contributed by atoms with Crippen molar-refractivity contribution in [1.82, 2.24) is 0 Å². The maximum atomic E-state index is 12.8. The summed E-state index contributed by atoms with van der Waals surface area (Å²) < 4.78 is 34.8. The third kappa shape index (κ3) is 58.9. The summed E-state index contributed by atoms with van der Waals surface area (Å²) in [5.41, 5.74) is 0. The van der Waals surface area contributed by atoms with E-state index in [0.29, 0.717) is 17.6 Å². The summed E-state index contributed by atoms with van der Waals surface area (Å²) in [6.07, 6.45) is 82.8. The molecule has 0 amide bonds. The van der Waals surface area contributed by atoms with Gasteiger partial charge in [0.25, 0.3) is 7.82 Å². The molecule has 2 atom stereocenters. The van der Waals surface area contributed by atoms with Crippen LogP contribution in [0.5, 0.6) is 0 Å². The second-order valence-electron chi connectivity index (χ2n) is 19.2. The number of carbonyl (C=O) groups excluding carboxylic acids is 1. The molecule has 0 fully saturated rings. The molecule has 412 valence electrons. The first-order valence-corrected chi connectivity index (χ1v) is 29.7. The van der Waals surface area contributed by atoms with Crippen LogP contribution in [0.4, 0.5) is 0 Å². The van der Waals surface area contributed by atoms with E-state index in [0.717, 1.165) is 154 Å². The molecule has 0 aliphatic heterocycles. The number of ether oxygens (including phenoxy) is 2. The van der Waals surface area contributed by atoms with E-state index >= 15 is 0 Å². The Balaban J connectivity index is 4.26. The Morgan fingerprint density at radius 1 is 0.425 bits per heavy atom. The SMILES string of the molecule is CC/C=C\C/C=C\C/C=C\C/C=C\C/C=C\C/C=C\C/C=C\CCCCCCOCC(COP(=O)([O-])OCC[N+](C)(C)C)OC(=O)CCCCCCCC/C=C\C/C=C\C/C=C\C/C=C\C/C=C\C/C=C\CC. The molecule has 0 rings (SSSR count). The topological polar surface area (TPSA) is 94.1 Å². The maximum absolute atomic E-state index is 12.8. The number of quaternary nitrogens is 1. The summed E-state index contributed by atoms with van der Waals surface area (Å²) in [5, 5.41) is 0. The highest BCUT2D eigenvalue weighted by molar-refractivity contribution is 7.45. The monoisotopic (exact) mass is 1030 g/mol. The molecule has 8 nitrogen and oxygen atoms in total. The number of hydrogen-bond acceptors (Lipinski definition) is 7. The van der Waals surface area contributed by atoms with Crippen LogP contribution in [0.3, 0.4) is 0 Å². The van der Waals surface area contributed by atoms with E-state index in [1.54, 1.807) is 0 Å². The standard InChI is InChI=1S/C64H104NO7P/c1-6-8-10-12-14-16-18-20-22-24-26-28-30-32-34-36-38-40-42-44-46-48-50-52-54-56-59-69-61-63(62-71-73(67,68)70-60-58-65(3,4)5)72-64(66)57-55-53-51-49-47-45-43-41-39-37-35-33-31-29-27-25-23-21-19-17-15-13-11-9-7-2/h8-11,14-17,20-23,26-29,32-35,38-41,44,46,63H,6-7,12-13,18-19,24-25,30-31,36-37,42-43,45,47-62H2,1-5H3/b10-8-,11-9-,16-14-,17-15-,22-20-,23-21-,28-26-,29-27-,34-32-,35-33-,40-38-,41-39-,46-44-. The van der Waals surface area contributed by atoms with Gasteiger partial charge in [0.05, 0.1) is 34.4 Å². The van der Waals surface area contributed by atoms with E-state index in [4.69, 9.17) is 18.5 Å². The first-order valence-electron chi connectivity index (χ1n) is 28.2. The van der Waals surface area contributed by atoms with Crippen LogP contribution in [0, 0.1) is 0 Å². The summed E-state index contributed by atoms with van der Waals surface area (Å²) >= 11 is 0. The number of phosphoric ester groups is 1. The van der Waals surface area contributed by atoms with Crippen molar-refractivity contribution < 1.29 is 37.3 Å². The second kappa shape index (κ2) is 54.4. The van der Waals surface area contributed by atoms with Crippen LogP contribution in [0.1, 0.15) is 181 Å². The summed E-state index contributed by atoms with van der Waals surface area (Å²) in [7, 11) is 1.30. The minimum Gasteiger partial charge on any atom is -0.756 e. The molecule has 0 aromatic rings. The van der Waals surface area contributed by atoms with E-state index in [-0.39, 0.29) is 32.2 Å². The summed E-state index contributed by atoms with van der Waals surface area (Å²) in [4.78, 5) is 25.3. The predicted molar refractivity (Wildman–Crippen MR) is 313 cm³/mol. The Bertz CT molecular complexity index is 1720. The molecule has 0 aromatic carbocycles. The van der Waals surface area contributed by atoms with E-state index in [9.17, 15) is 14.3 Å². The quantitative estimate of drug-likeness (QED) is 0.0197. The van der Waals surface area contributed by atoms with Crippen LogP contribution in [0.2, 0.25) is 0 Å². The van der Waals surface area contributed by atoms with Gasteiger partial charge in [-0.25, -0.2) is 0 Å². The zero-order chi connectivity index (χ0) is 53.3. The molecule has 2 unspecified atom stereocenters. The molecule has 0 radical (unpaired) electrons. The van der Waals surface area contributed by atoms with Crippen molar-refractivity contribution in [2.45, 2.75) is 187 Å². The normalized spacial score (nSPS) is 14.7. The molecule has 0 N–H and O–H groups in total. The van der Waals surface area contributed by atoms with Crippen LogP contribution in [0.25, 0.3) is 0 Å². The third-order valence-electron chi connectivity index (χ3n) is 11.1. The highest BCUT2D eigenvalue weighted by Gasteiger charge is 2.20. The van der Waals surface area contributed by atoms with Gasteiger partial charge in [0.15, 0.2) is 0 Å². The lowest BCUT2D eigenvalue weighted by atomic mass is 10.1. The summed E-state index contributed by atoms with van der Waals surface area (Å²) in [5.74, 6) is -0.365. The van der Waals surface area contributed by atoms with Crippen LogP contribution < -0.4 is 4.89 Å². The van der Waals surface area contributed by atoms with Crippen molar-refractivity contribution in [3.8, 4) is 0 Å². The molecule has 0 spiro atoms. The first kappa shape index (κ1) is 69.1. The smallest absolute Gasteiger partial charge is 0.306 e. The molecular formula is C64H104NO7P. The van der Waals surface area contributed by atoms with Gasteiger partial charge < -0.3 is 27.9 Å². The number of allylic oxidation sites excluding steroid dienone is 26. The van der Waals surface area contributed by atoms with Gasteiger partial charge in [0, 0.05) is 13.0 Å². The van der Waals surface area contributed by atoms with Gasteiger partial charge >= 0.3 is 5.97 Å². The minimum atomic E-state index is -4.56. The fourth-order valence-electron chi connectivity index (χ4n) is 6.82. The van der Waals surface area contributed by atoms with E-state index < -0.39 is 13.9 Å². The van der Waals surface area contributed by atoms with Gasteiger partial charge in [0.2, 0.25) is 0 Å². The molecule has 0 heterocycles. The lowest BCUT2D eigenvalue weighted by molar-refractivity contribution is -0.870. The van der Waals surface area contributed by atoms with Crippen LogP contribution in [-0.4, -0.2) is 70.7 Å². The number of carbonyl (C=O) groups is 1. The Labute approximate surface area is 448 Å². The zero-order valence-electron chi connectivity index (χ0n) is 46.8. The highest BCUT2D eigenvalue weighted by Crippen LogP contribution is 2.38. The van der Waals surface area contributed by atoms with E-state index in [1.807, 2.05) is 21.1 Å². The Morgan fingerprint density at radius 3 is 1.12 bits per heavy atom. The largest absolute Gasteiger partial charge is 0.756 e. The van der Waals surface area contributed by atoms with Crippen molar-refractivity contribution in [3.63, 3.8) is 0 Å². The second-order valence-corrected chi connectivity index (χ2v) is 20.6. The molecule has 0 saturated heterocycles. The maximum Gasteiger partial charge on any atom is 0.306 e. The number of rotatable bonds is 50. The van der Waals surface area contributed by atoms with Crippen molar-refractivity contribution in [2.24, 2.45) is 0 Å². The number of unbranched alkanes of at least 4 members (excludes halogenated alkanes) is 10. The average Bonchev–Trinajstić information content (AvgIpc) is 3.35. The van der Waals surface area contributed by atoms with Gasteiger partial charge in [-0.2, -0.15) is 0 Å². The molecule has 0 bridgehead atoms. The van der Waals surface area contributed by atoms with Crippen molar-refractivity contribution in [2.75, 3.05) is 54.1 Å². The fourth-order valence-corrected chi connectivity index (χ4v) is 7.55. The van der Waals surface area contributed by atoms with Crippen molar-refractivity contribution in [1.29, 1.82) is 0 Å². The van der Waals surface area contributed by atoms with Gasteiger partial charge in [-0.1, -0.05) is 210 Å². The molecule has 0 aromatic heterocycles. The first-order chi connectivity index (χ1) is 35.6. The average molecular weight is 1030 g/mol. The Morgan fingerprint density at radius 2 is 0.753 bits per heavy atom. The molecule has 0 saturated carbocycles. The van der Waals surface area contributed by atoms with Gasteiger partial charge in [0.1, 0.15) is 19.3 Å².